The molecule has 0 saturated carbocycles. The summed E-state index contributed by atoms with van der Waals surface area (Å²) in [6, 6.07) is 14.7. The number of hydrogen-bond acceptors (Lipinski definition) is 4. The summed E-state index contributed by atoms with van der Waals surface area (Å²) in [6.45, 7) is 1.95. The largest absolute Gasteiger partial charge is 0.484 e. The number of ether oxygens (including phenoxy) is 1. The molecule has 0 N–H and O–H groups in total. The molecule has 1 amide bonds. The molecule has 0 radical (unpaired) electrons. The minimum atomic E-state index is -0.104. The molecule has 3 rings (SSSR count). The summed E-state index contributed by atoms with van der Waals surface area (Å²) >= 11 is 5.84. The van der Waals surface area contributed by atoms with E-state index < -0.39 is 0 Å². The van der Waals surface area contributed by atoms with Gasteiger partial charge in [0.05, 0.1) is 11.7 Å². The third kappa shape index (κ3) is 4.21. The van der Waals surface area contributed by atoms with Crippen LogP contribution >= 0.6 is 11.6 Å². The molecular weight excluding hydrogens is 352 g/mol. The zero-order valence-electron chi connectivity index (χ0n) is 14.5. The van der Waals surface area contributed by atoms with E-state index in [1.54, 1.807) is 47.2 Å². The molecule has 134 valence electrons. The first-order valence-electron chi connectivity index (χ1n) is 8.13. The van der Waals surface area contributed by atoms with E-state index in [0.29, 0.717) is 10.8 Å². The molecule has 2 aromatic carbocycles. The molecule has 1 aromatic heterocycles. The molecule has 3 aromatic rings. The monoisotopic (exact) mass is 370 g/mol. The number of benzene rings is 2. The Labute approximate surface area is 157 Å². The van der Waals surface area contributed by atoms with Crippen LogP contribution in [0.4, 0.5) is 0 Å². The molecule has 1 atom stereocenters. The Morgan fingerprint density at radius 2 is 1.88 bits per heavy atom. The van der Waals surface area contributed by atoms with Gasteiger partial charge in [-0.25, -0.2) is 9.67 Å². The molecule has 1 heterocycles. The second kappa shape index (κ2) is 8.01. The number of likely N-dealkylation sites (N-methyl/N-ethyl adjacent to an activating group) is 1. The van der Waals surface area contributed by atoms with Crippen molar-refractivity contribution in [2.24, 2.45) is 0 Å². The predicted molar refractivity (Wildman–Crippen MR) is 99.5 cm³/mol. The average molecular weight is 371 g/mol. The summed E-state index contributed by atoms with van der Waals surface area (Å²) in [5, 5.41) is 4.73. The lowest BCUT2D eigenvalue weighted by molar-refractivity contribution is -0.134. The van der Waals surface area contributed by atoms with Crippen molar-refractivity contribution >= 4 is 17.5 Å². The van der Waals surface area contributed by atoms with E-state index >= 15 is 0 Å². The minimum Gasteiger partial charge on any atom is -0.484 e. The van der Waals surface area contributed by atoms with Crippen LogP contribution in [0.1, 0.15) is 18.5 Å². The molecule has 26 heavy (non-hydrogen) atoms. The van der Waals surface area contributed by atoms with E-state index in [1.807, 2.05) is 31.2 Å². The summed E-state index contributed by atoms with van der Waals surface area (Å²) in [4.78, 5) is 18.0. The van der Waals surface area contributed by atoms with E-state index in [2.05, 4.69) is 10.1 Å². The van der Waals surface area contributed by atoms with Crippen molar-refractivity contribution in [2.75, 3.05) is 13.7 Å². The van der Waals surface area contributed by atoms with Crippen molar-refractivity contribution in [3.05, 3.63) is 71.8 Å². The van der Waals surface area contributed by atoms with Gasteiger partial charge in [0, 0.05) is 12.1 Å². The van der Waals surface area contributed by atoms with E-state index in [1.165, 1.54) is 6.33 Å². The Morgan fingerprint density at radius 1 is 1.19 bits per heavy atom. The molecule has 0 aliphatic heterocycles. The first-order valence-corrected chi connectivity index (χ1v) is 8.51. The lowest BCUT2D eigenvalue weighted by Gasteiger charge is -2.25. The highest BCUT2D eigenvalue weighted by Crippen LogP contribution is 2.21. The van der Waals surface area contributed by atoms with E-state index in [0.717, 1.165) is 11.3 Å². The number of amides is 1. The van der Waals surface area contributed by atoms with Gasteiger partial charge >= 0.3 is 0 Å². The quantitative estimate of drug-likeness (QED) is 0.666. The number of hydrogen-bond donors (Lipinski definition) is 0. The van der Waals surface area contributed by atoms with Crippen LogP contribution in [0.15, 0.2) is 61.2 Å². The lowest BCUT2D eigenvalue weighted by atomic mass is 10.1. The van der Waals surface area contributed by atoms with Gasteiger partial charge < -0.3 is 9.64 Å². The van der Waals surface area contributed by atoms with Crippen LogP contribution in [0, 0.1) is 0 Å². The third-order valence-corrected chi connectivity index (χ3v) is 4.46. The van der Waals surface area contributed by atoms with Gasteiger partial charge in [-0.3, -0.25) is 4.79 Å². The zero-order valence-corrected chi connectivity index (χ0v) is 15.3. The summed E-state index contributed by atoms with van der Waals surface area (Å²) in [5.74, 6) is 0.508. The summed E-state index contributed by atoms with van der Waals surface area (Å²) in [6.07, 6.45) is 3.13. The van der Waals surface area contributed by atoms with Gasteiger partial charge in [0.25, 0.3) is 5.91 Å². The Bertz CT molecular complexity index is 848. The van der Waals surface area contributed by atoms with Crippen LogP contribution in [0.25, 0.3) is 5.69 Å². The van der Waals surface area contributed by atoms with Gasteiger partial charge in [-0.05, 0) is 48.9 Å². The molecule has 0 aliphatic rings. The van der Waals surface area contributed by atoms with E-state index in [9.17, 15) is 4.79 Å². The molecule has 6 nitrogen and oxygen atoms in total. The van der Waals surface area contributed by atoms with Gasteiger partial charge in [0.15, 0.2) is 6.61 Å². The average Bonchev–Trinajstić information content (AvgIpc) is 3.21. The van der Waals surface area contributed by atoms with Gasteiger partial charge in [-0.1, -0.05) is 23.7 Å². The molecule has 0 bridgehead atoms. The number of nitrogens with zero attached hydrogens (tertiary/aromatic N) is 4. The number of halogens is 1. The van der Waals surface area contributed by atoms with E-state index in [4.69, 9.17) is 16.3 Å². The van der Waals surface area contributed by atoms with Gasteiger partial charge in [-0.15, -0.1) is 0 Å². The molecule has 7 heteroatoms. The maximum Gasteiger partial charge on any atom is 0.260 e. The standard InChI is InChI=1S/C19H19ClN4O2/c1-14(15-3-7-17(8-4-15)24-13-21-12-22-24)23(2)19(25)11-26-18-9-5-16(20)6-10-18/h3-10,12-14H,11H2,1-2H3/t14-/m0/s1. The maximum absolute atomic E-state index is 12.4. The SMILES string of the molecule is C[C@@H](c1ccc(-n2cncn2)cc1)N(C)C(=O)COc1ccc(Cl)cc1. The molecule has 0 unspecified atom stereocenters. The first kappa shape index (κ1) is 17.9. The van der Waals surface area contributed by atoms with Gasteiger partial charge in [-0.2, -0.15) is 5.10 Å². The zero-order chi connectivity index (χ0) is 18.5. The van der Waals surface area contributed by atoms with Crippen LogP contribution in [0.5, 0.6) is 5.75 Å². The minimum absolute atomic E-state index is 0.0283. The number of carbonyl (C=O) groups excluding carboxylic acids is 1. The maximum atomic E-state index is 12.4. The van der Waals surface area contributed by atoms with Crippen molar-refractivity contribution in [3.63, 3.8) is 0 Å². The fraction of sp³-hybridized carbons (Fsp3) is 0.211. The van der Waals surface area contributed by atoms with E-state index in [-0.39, 0.29) is 18.6 Å². The van der Waals surface area contributed by atoms with Crippen molar-refractivity contribution in [1.82, 2.24) is 19.7 Å². The second-order valence-electron chi connectivity index (χ2n) is 5.85. The van der Waals surface area contributed by atoms with Crippen molar-refractivity contribution in [3.8, 4) is 11.4 Å². The normalized spacial score (nSPS) is 11.8. The molecular formula is C19H19ClN4O2. The van der Waals surface area contributed by atoms with Gasteiger partial charge in [0.2, 0.25) is 0 Å². The van der Waals surface area contributed by atoms with Crippen LogP contribution in [-0.2, 0) is 4.79 Å². The lowest BCUT2D eigenvalue weighted by Crippen LogP contribution is -2.33. The fourth-order valence-corrected chi connectivity index (χ4v) is 2.59. The molecule has 0 spiro atoms. The second-order valence-corrected chi connectivity index (χ2v) is 6.29. The van der Waals surface area contributed by atoms with Crippen LogP contribution in [0.3, 0.4) is 0 Å². The topological polar surface area (TPSA) is 60.2 Å². The number of carbonyl (C=O) groups is 1. The summed E-state index contributed by atoms with van der Waals surface area (Å²) in [5.41, 5.74) is 1.94. The Kier molecular flexibility index (Phi) is 5.53. The van der Waals surface area contributed by atoms with Crippen molar-refractivity contribution in [1.29, 1.82) is 0 Å². The Balaban J connectivity index is 1.60. The summed E-state index contributed by atoms with van der Waals surface area (Å²) in [7, 11) is 1.77. The summed E-state index contributed by atoms with van der Waals surface area (Å²) < 4.78 is 7.21. The predicted octanol–water partition coefficient (Wildman–Crippen LogP) is 3.52. The highest BCUT2D eigenvalue weighted by molar-refractivity contribution is 6.30. The fourth-order valence-electron chi connectivity index (χ4n) is 2.46. The van der Waals surface area contributed by atoms with Crippen LogP contribution < -0.4 is 4.74 Å². The molecule has 0 aliphatic carbocycles. The smallest absolute Gasteiger partial charge is 0.260 e. The van der Waals surface area contributed by atoms with Gasteiger partial charge in [0.1, 0.15) is 18.4 Å². The van der Waals surface area contributed by atoms with Crippen LogP contribution in [-0.4, -0.2) is 39.2 Å². The third-order valence-electron chi connectivity index (χ3n) is 4.21. The number of rotatable bonds is 6. The number of aromatic nitrogens is 3. The highest BCUT2D eigenvalue weighted by atomic mass is 35.5. The van der Waals surface area contributed by atoms with Crippen molar-refractivity contribution < 1.29 is 9.53 Å². The molecule has 0 saturated heterocycles. The van der Waals surface area contributed by atoms with Crippen LogP contribution in [0.2, 0.25) is 5.02 Å². The first-order chi connectivity index (χ1) is 12.5. The van der Waals surface area contributed by atoms with Crippen molar-refractivity contribution in [2.45, 2.75) is 13.0 Å². The Hall–Kier alpha value is -2.86. The highest BCUT2D eigenvalue weighted by Gasteiger charge is 2.18. The molecule has 0 fully saturated rings. The Morgan fingerprint density at radius 3 is 2.50 bits per heavy atom.